The number of aliphatic hydroxyl groups excluding tert-OH is 1. The molecule has 2 aliphatic carbocycles. The third kappa shape index (κ3) is 9.25. The van der Waals surface area contributed by atoms with E-state index in [9.17, 15) is 5.11 Å². The van der Waals surface area contributed by atoms with Crippen LogP contribution in [-0.4, -0.2) is 11.2 Å². The normalized spacial score (nSPS) is 32.5. The van der Waals surface area contributed by atoms with Crippen LogP contribution in [0.3, 0.4) is 0 Å². The molecule has 2 rings (SSSR count). The van der Waals surface area contributed by atoms with Crippen molar-refractivity contribution in [3.63, 3.8) is 0 Å². The van der Waals surface area contributed by atoms with Crippen LogP contribution in [0.15, 0.2) is 0 Å². The number of hydrogen-bond acceptors (Lipinski definition) is 1. The number of unbranched alkanes of at least 4 members (excludes halogenated alkanes) is 1. The van der Waals surface area contributed by atoms with Gasteiger partial charge in [0, 0.05) is 0 Å². The molecule has 1 nitrogen and oxygen atoms in total. The van der Waals surface area contributed by atoms with Gasteiger partial charge in [-0.3, -0.25) is 0 Å². The third-order valence-electron chi connectivity index (χ3n) is 6.36. The minimum atomic E-state index is 0.00493. The van der Waals surface area contributed by atoms with Crippen LogP contribution in [0.2, 0.25) is 0 Å². The summed E-state index contributed by atoms with van der Waals surface area (Å²) in [5.74, 6) is 4.01. The molecule has 0 aromatic carbocycles. The second-order valence-electron chi connectivity index (χ2n) is 7.93. The molecule has 1 N–H and O–H groups in total. The van der Waals surface area contributed by atoms with Crippen LogP contribution in [0.4, 0.5) is 0 Å². The second-order valence-corrected chi connectivity index (χ2v) is 7.93. The van der Waals surface area contributed by atoms with Gasteiger partial charge in [0.25, 0.3) is 0 Å². The maximum atomic E-state index is 10.4. The summed E-state index contributed by atoms with van der Waals surface area (Å²) in [7, 11) is 0. The Kier molecular flexibility index (Phi) is 19.9. The third-order valence-corrected chi connectivity index (χ3v) is 6.36. The molecule has 0 radical (unpaired) electrons. The molecule has 0 amide bonds. The number of hydrogen-bond donors (Lipinski definition) is 1. The van der Waals surface area contributed by atoms with Crippen molar-refractivity contribution in [1.29, 1.82) is 0 Å². The fourth-order valence-corrected chi connectivity index (χ4v) is 5.04. The summed E-state index contributed by atoms with van der Waals surface area (Å²) in [6.45, 7) is 19.5. The van der Waals surface area contributed by atoms with Crippen LogP contribution in [0.5, 0.6) is 0 Å². The molecule has 0 aliphatic heterocycles. The SMILES string of the molecule is CC.CC.CCCC.CCCC1CC2CCCC(O)C2C(CCC)C1C. The van der Waals surface area contributed by atoms with Gasteiger partial charge in [-0.15, -0.1) is 0 Å². The molecular formula is C25H54O. The Bertz CT molecular complexity index is 273. The predicted octanol–water partition coefficient (Wildman–Crippen LogP) is 8.49. The summed E-state index contributed by atoms with van der Waals surface area (Å²) >= 11 is 0. The fraction of sp³-hybridized carbons (Fsp3) is 1.00. The maximum Gasteiger partial charge on any atom is 0.0573 e. The molecule has 2 saturated carbocycles. The Morgan fingerprint density at radius 3 is 1.77 bits per heavy atom. The molecule has 0 saturated heterocycles. The molecule has 6 unspecified atom stereocenters. The lowest BCUT2D eigenvalue weighted by Crippen LogP contribution is -2.46. The summed E-state index contributed by atoms with van der Waals surface area (Å²) < 4.78 is 0. The van der Waals surface area contributed by atoms with Gasteiger partial charge in [0.2, 0.25) is 0 Å². The maximum absolute atomic E-state index is 10.4. The zero-order valence-corrected chi connectivity index (χ0v) is 20.0. The molecule has 160 valence electrons. The van der Waals surface area contributed by atoms with Gasteiger partial charge in [-0.1, -0.05) is 107 Å². The van der Waals surface area contributed by atoms with E-state index >= 15 is 0 Å². The van der Waals surface area contributed by atoms with Crippen LogP contribution < -0.4 is 0 Å². The van der Waals surface area contributed by atoms with Crippen molar-refractivity contribution in [2.75, 3.05) is 0 Å². The van der Waals surface area contributed by atoms with Crippen LogP contribution >= 0.6 is 0 Å². The van der Waals surface area contributed by atoms with E-state index in [-0.39, 0.29) is 6.10 Å². The summed E-state index contributed by atoms with van der Waals surface area (Å²) in [5, 5.41) is 10.4. The first-order valence-electron chi connectivity index (χ1n) is 12.3. The van der Waals surface area contributed by atoms with Crippen molar-refractivity contribution in [3.05, 3.63) is 0 Å². The van der Waals surface area contributed by atoms with Crippen molar-refractivity contribution >= 4 is 0 Å². The monoisotopic (exact) mass is 370 g/mol. The summed E-state index contributed by atoms with van der Waals surface area (Å²) in [5.41, 5.74) is 0. The van der Waals surface area contributed by atoms with Gasteiger partial charge >= 0.3 is 0 Å². The lowest BCUT2D eigenvalue weighted by Gasteiger charge is -2.50. The number of fused-ring (bicyclic) bond motifs is 1. The number of aliphatic hydroxyl groups is 1. The highest BCUT2D eigenvalue weighted by Crippen LogP contribution is 2.51. The van der Waals surface area contributed by atoms with Gasteiger partial charge in [-0.05, 0) is 48.9 Å². The highest BCUT2D eigenvalue weighted by Gasteiger charge is 2.45. The summed E-state index contributed by atoms with van der Waals surface area (Å²) in [6, 6.07) is 0. The van der Waals surface area contributed by atoms with Crippen molar-refractivity contribution in [2.24, 2.45) is 29.6 Å². The molecule has 0 bridgehead atoms. The van der Waals surface area contributed by atoms with Crippen LogP contribution in [-0.2, 0) is 0 Å². The van der Waals surface area contributed by atoms with Gasteiger partial charge in [-0.2, -0.15) is 0 Å². The first kappa shape index (κ1) is 28.2. The lowest BCUT2D eigenvalue weighted by molar-refractivity contribution is -0.0684. The smallest absolute Gasteiger partial charge is 0.0573 e. The molecule has 2 fully saturated rings. The molecule has 6 atom stereocenters. The van der Waals surface area contributed by atoms with Crippen LogP contribution in [0, 0.1) is 29.6 Å². The van der Waals surface area contributed by atoms with Crippen molar-refractivity contribution < 1.29 is 5.11 Å². The average Bonchev–Trinajstić information content (AvgIpc) is 2.69. The van der Waals surface area contributed by atoms with Gasteiger partial charge < -0.3 is 5.11 Å². The van der Waals surface area contributed by atoms with E-state index in [1.807, 2.05) is 27.7 Å². The fourth-order valence-electron chi connectivity index (χ4n) is 5.04. The standard InChI is InChI=1S/C17H32O.C4H10.2C2H6/c1-4-7-13-11-14-9-6-10-16(18)17(14)15(8-5-2)12(13)3;1-3-4-2;2*1-2/h12-18H,4-11H2,1-3H3;3-4H2,1-2H3;2*1-2H3. The lowest BCUT2D eigenvalue weighted by atomic mass is 9.56. The van der Waals surface area contributed by atoms with E-state index in [1.165, 1.54) is 57.8 Å². The molecule has 0 aromatic heterocycles. The van der Waals surface area contributed by atoms with E-state index in [0.717, 1.165) is 30.1 Å². The van der Waals surface area contributed by atoms with Gasteiger partial charge in [0.15, 0.2) is 0 Å². The average molecular weight is 371 g/mol. The molecule has 0 heterocycles. The molecule has 0 spiro atoms. The highest BCUT2D eigenvalue weighted by atomic mass is 16.3. The van der Waals surface area contributed by atoms with E-state index in [0.29, 0.717) is 5.92 Å². The van der Waals surface area contributed by atoms with Crippen molar-refractivity contribution in [2.45, 2.75) is 133 Å². The van der Waals surface area contributed by atoms with E-state index in [4.69, 9.17) is 0 Å². The molecule has 1 heteroatoms. The largest absolute Gasteiger partial charge is 0.393 e. The zero-order valence-electron chi connectivity index (χ0n) is 20.0. The second kappa shape index (κ2) is 18.3. The Hall–Kier alpha value is -0.0400. The first-order chi connectivity index (χ1) is 12.6. The summed E-state index contributed by atoms with van der Waals surface area (Å²) in [4.78, 5) is 0. The number of rotatable bonds is 5. The van der Waals surface area contributed by atoms with E-state index in [2.05, 4.69) is 34.6 Å². The Morgan fingerprint density at radius 2 is 1.31 bits per heavy atom. The summed E-state index contributed by atoms with van der Waals surface area (Å²) in [6.07, 6.45) is 13.1. The Labute approximate surface area is 167 Å². The van der Waals surface area contributed by atoms with Gasteiger partial charge in [-0.25, -0.2) is 0 Å². The van der Waals surface area contributed by atoms with Crippen LogP contribution in [0.25, 0.3) is 0 Å². The molecule has 0 aromatic rings. The minimum absolute atomic E-state index is 0.00493. The van der Waals surface area contributed by atoms with E-state index in [1.54, 1.807) is 0 Å². The highest BCUT2D eigenvalue weighted by molar-refractivity contribution is 4.95. The minimum Gasteiger partial charge on any atom is -0.393 e. The molecule has 26 heavy (non-hydrogen) atoms. The molecule has 2 aliphatic rings. The van der Waals surface area contributed by atoms with Gasteiger partial charge in [0.1, 0.15) is 0 Å². The van der Waals surface area contributed by atoms with Crippen LogP contribution in [0.1, 0.15) is 127 Å². The van der Waals surface area contributed by atoms with Gasteiger partial charge in [0.05, 0.1) is 6.10 Å². The Balaban J connectivity index is 0. The zero-order chi connectivity index (χ0) is 20.5. The first-order valence-corrected chi connectivity index (χ1v) is 12.3. The topological polar surface area (TPSA) is 20.2 Å². The van der Waals surface area contributed by atoms with E-state index < -0.39 is 0 Å². The van der Waals surface area contributed by atoms with Crippen molar-refractivity contribution in [3.8, 4) is 0 Å². The quantitative estimate of drug-likeness (QED) is 0.514. The van der Waals surface area contributed by atoms with Crippen molar-refractivity contribution in [1.82, 2.24) is 0 Å². The molecular weight excluding hydrogens is 316 g/mol. The Morgan fingerprint density at radius 1 is 0.769 bits per heavy atom. The predicted molar refractivity (Wildman–Crippen MR) is 121 cm³/mol.